The van der Waals surface area contributed by atoms with Gasteiger partial charge in [-0.05, 0) is 12.1 Å². The van der Waals surface area contributed by atoms with Crippen molar-refractivity contribution in [2.24, 2.45) is 0 Å². The van der Waals surface area contributed by atoms with Gasteiger partial charge in [0.25, 0.3) is 0 Å². The van der Waals surface area contributed by atoms with Crippen molar-refractivity contribution in [1.82, 2.24) is 14.5 Å². The maximum atomic E-state index is 11.2. The molecule has 0 spiro atoms. The fourth-order valence-corrected chi connectivity index (χ4v) is 2.38. The van der Waals surface area contributed by atoms with Crippen LogP contribution in [0.25, 0.3) is 15.9 Å². The van der Waals surface area contributed by atoms with Crippen LogP contribution in [0, 0.1) is 10.1 Å². The Hall–Kier alpha value is -2.28. The van der Waals surface area contributed by atoms with E-state index < -0.39 is 4.92 Å². The Morgan fingerprint density at radius 1 is 1.41 bits per heavy atom. The zero-order valence-corrected chi connectivity index (χ0v) is 9.29. The third kappa shape index (κ3) is 1.48. The van der Waals surface area contributed by atoms with Crippen molar-refractivity contribution < 1.29 is 4.92 Å². The van der Waals surface area contributed by atoms with E-state index in [4.69, 9.17) is 0 Å². The van der Waals surface area contributed by atoms with Gasteiger partial charge in [0.1, 0.15) is 5.69 Å². The van der Waals surface area contributed by atoms with Crippen molar-refractivity contribution in [2.45, 2.75) is 0 Å². The van der Waals surface area contributed by atoms with E-state index in [9.17, 15) is 10.1 Å². The van der Waals surface area contributed by atoms with E-state index in [1.165, 1.54) is 17.7 Å². The van der Waals surface area contributed by atoms with Crippen LogP contribution in [0.15, 0.2) is 36.4 Å². The highest BCUT2D eigenvalue weighted by Gasteiger charge is 2.21. The van der Waals surface area contributed by atoms with Crippen LogP contribution in [-0.2, 0) is 0 Å². The summed E-state index contributed by atoms with van der Waals surface area (Å²) in [4.78, 5) is 18.7. The van der Waals surface area contributed by atoms with Crippen LogP contribution in [0.3, 0.4) is 0 Å². The van der Waals surface area contributed by atoms with E-state index in [1.807, 2.05) is 6.07 Å². The van der Waals surface area contributed by atoms with E-state index in [-0.39, 0.29) is 5.69 Å². The number of nitro benzene ring substituents is 1. The molecular weight excluding hydrogens is 240 g/mol. The van der Waals surface area contributed by atoms with Gasteiger partial charge in [-0.2, -0.15) is 0 Å². The molecule has 0 radical (unpaired) electrons. The Balaban J connectivity index is 2.38. The summed E-state index contributed by atoms with van der Waals surface area (Å²) >= 11 is 1.38. The molecule has 0 saturated heterocycles. The van der Waals surface area contributed by atoms with Crippen molar-refractivity contribution in [2.75, 3.05) is 0 Å². The van der Waals surface area contributed by atoms with E-state index in [2.05, 4.69) is 9.97 Å². The first kappa shape index (κ1) is 9.91. The number of nitro groups is 1. The van der Waals surface area contributed by atoms with Gasteiger partial charge in [-0.1, -0.05) is 0 Å². The summed E-state index contributed by atoms with van der Waals surface area (Å²) in [5.41, 5.74) is 2.52. The average molecular weight is 246 g/mol. The second-order valence-corrected chi connectivity index (χ2v) is 4.25. The minimum Gasteiger partial charge on any atom is -0.300 e. The van der Waals surface area contributed by atoms with Crippen LogP contribution in [0.1, 0.15) is 0 Å². The first-order valence-corrected chi connectivity index (χ1v) is 5.64. The van der Waals surface area contributed by atoms with Gasteiger partial charge in [0.15, 0.2) is 5.52 Å². The van der Waals surface area contributed by atoms with Gasteiger partial charge in [0.2, 0.25) is 0 Å². The van der Waals surface area contributed by atoms with Gasteiger partial charge < -0.3 is 4.57 Å². The highest BCUT2D eigenvalue weighted by molar-refractivity contribution is 7.16. The van der Waals surface area contributed by atoms with Crippen LogP contribution in [0.2, 0.25) is 0 Å². The molecule has 84 valence electrons. The molecule has 0 fully saturated rings. The monoisotopic (exact) mass is 246 g/mol. The minimum atomic E-state index is -0.405. The lowest BCUT2D eigenvalue weighted by atomic mass is 10.2. The number of nitrogens with zero attached hydrogens (tertiary/aromatic N) is 4. The highest BCUT2D eigenvalue weighted by Crippen LogP contribution is 2.32. The molecule has 0 amide bonds. The summed E-state index contributed by atoms with van der Waals surface area (Å²) < 4.78 is 2.41. The Morgan fingerprint density at radius 2 is 2.29 bits per heavy atom. The summed E-state index contributed by atoms with van der Waals surface area (Å²) in [6.07, 6.45) is 4.77. The second kappa shape index (κ2) is 3.63. The molecule has 2 heterocycles. The molecule has 17 heavy (non-hydrogen) atoms. The molecule has 0 bridgehead atoms. The van der Waals surface area contributed by atoms with Crippen LogP contribution in [-0.4, -0.2) is 19.5 Å². The van der Waals surface area contributed by atoms with E-state index >= 15 is 0 Å². The first-order chi connectivity index (χ1) is 8.27. The molecular formula is C10H6N4O2S. The van der Waals surface area contributed by atoms with Crippen molar-refractivity contribution in [1.29, 1.82) is 0 Å². The fourth-order valence-electron chi connectivity index (χ4n) is 1.70. The van der Waals surface area contributed by atoms with Gasteiger partial charge in [0, 0.05) is 12.4 Å². The normalized spacial score (nSPS) is 10.8. The van der Waals surface area contributed by atoms with Crippen LogP contribution in [0.4, 0.5) is 5.69 Å². The quantitative estimate of drug-likeness (QED) is 0.514. The Morgan fingerprint density at radius 3 is 3.00 bits per heavy atom. The number of imidazole rings is 1. The fraction of sp³-hybridized carbons (Fsp3) is 0. The first-order valence-electron chi connectivity index (χ1n) is 4.76. The average Bonchev–Trinajstić information content (AvgIpc) is 2.98. The predicted molar refractivity (Wildman–Crippen MR) is 63.4 cm³/mol. The second-order valence-electron chi connectivity index (χ2n) is 3.36. The molecule has 7 heteroatoms. The smallest absolute Gasteiger partial charge is 0.300 e. The van der Waals surface area contributed by atoms with Gasteiger partial charge in [-0.25, -0.2) is 9.97 Å². The number of hydrogen-bond acceptors (Lipinski definition) is 5. The zero-order valence-electron chi connectivity index (χ0n) is 8.48. The zero-order chi connectivity index (χ0) is 11.8. The lowest BCUT2D eigenvalue weighted by Crippen LogP contribution is -1.98. The van der Waals surface area contributed by atoms with Gasteiger partial charge in [-0.3, -0.25) is 10.1 Å². The number of benzene rings is 1. The molecule has 0 unspecified atom stereocenters. The maximum Gasteiger partial charge on any atom is 0.320 e. The Kier molecular flexibility index (Phi) is 2.12. The topological polar surface area (TPSA) is 73.8 Å². The summed E-state index contributed by atoms with van der Waals surface area (Å²) in [5, 5.41) is 11.2. The van der Waals surface area contributed by atoms with E-state index in [0.717, 1.165) is 4.70 Å². The summed E-state index contributed by atoms with van der Waals surface area (Å²) in [5.74, 6) is 0. The van der Waals surface area contributed by atoms with Gasteiger partial charge in [0.05, 0.1) is 21.5 Å². The molecule has 0 N–H and O–H groups in total. The van der Waals surface area contributed by atoms with Crippen LogP contribution >= 0.6 is 11.3 Å². The van der Waals surface area contributed by atoms with E-state index in [1.54, 1.807) is 28.5 Å². The number of hydrogen-bond donors (Lipinski definition) is 0. The summed E-state index contributed by atoms with van der Waals surface area (Å²) in [6, 6.07) is 3.54. The molecule has 6 nitrogen and oxygen atoms in total. The number of thiazole rings is 1. The lowest BCUT2D eigenvalue weighted by Gasteiger charge is -2.03. The van der Waals surface area contributed by atoms with Gasteiger partial charge in [-0.15, -0.1) is 11.3 Å². The molecule has 0 aliphatic heterocycles. The standard InChI is InChI=1S/C10H6N4O2S/c15-14(16)10-7(13-4-3-11-5-13)1-2-8-9(10)12-6-17-8/h1-6H. The molecule has 0 aliphatic carbocycles. The molecule has 1 aromatic carbocycles. The number of aromatic nitrogens is 3. The molecule has 3 rings (SSSR count). The van der Waals surface area contributed by atoms with Crippen LogP contribution in [0.5, 0.6) is 0 Å². The maximum absolute atomic E-state index is 11.2. The number of rotatable bonds is 2. The largest absolute Gasteiger partial charge is 0.320 e. The predicted octanol–water partition coefficient (Wildman–Crippen LogP) is 2.39. The highest BCUT2D eigenvalue weighted by atomic mass is 32.1. The molecule has 2 aromatic heterocycles. The van der Waals surface area contributed by atoms with Crippen molar-refractivity contribution >= 4 is 27.2 Å². The molecule has 0 aliphatic rings. The number of fused-ring (bicyclic) bond motifs is 1. The van der Waals surface area contributed by atoms with Crippen molar-refractivity contribution in [3.63, 3.8) is 0 Å². The van der Waals surface area contributed by atoms with Gasteiger partial charge >= 0.3 is 5.69 Å². The third-order valence-corrected chi connectivity index (χ3v) is 3.21. The lowest BCUT2D eigenvalue weighted by molar-refractivity contribution is -0.382. The summed E-state index contributed by atoms with van der Waals surface area (Å²) in [6.45, 7) is 0. The summed E-state index contributed by atoms with van der Waals surface area (Å²) in [7, 11) is 0. The Bertz CT molecular complexity index is 689. The SMILES string of the molecule is O=[N+]([O-])c1c(-n2ccnc2)ccc2scnc12. The van der Waals surface area contributed by atoms with E-state index in [0.29, 0.717) is 11.2 Å². The van der Waals surface area contributed by atoms with Crippen molar-refractivity contribution in [3.05, 3.63) is 46.5 Å². The Labute approximate surface area is 99.3 Å². The third-order valence-electron chi connectivity index (χ3n) is 2.42. The van der Waals surface area contributed by atoms with Crippen molar-refractivity contribution in [3.8, 4) is 5.69 Å². The molecule has 0 saturated carbocycles. The minimum absolute atomic E-state index is 0.0155. The van der Waals surface area contributed by atoms with Crippen LogP contribution < -0.4 is 0 Å². The molecule has 3 aromatic rings. The molecule has 0 atom stereocenters.